The van der Waals surface area contributed by atoms with Crippen molar-refractivity contribution in [1.82, 2.24) is 0 Å². The first-order valence-electron chi connectivity index (χ1n) is 10.4. The number of sulfonamides is 1. The van der Waals surface area contributed by atoms with Crippen LogP contribution in [0.3, 0.4) is 0 Å². The molecule has 2 aliphatic rings. The molecule has 2 amide bonds. The number of hydrogen-bond acceptors (Lipinski definition) is 4. The lowest BCUT2D eigenvalue weighted by molar-refractivity contribution is -0.137. The summed E-state index contributed by atoms with van der Waals surface area (Å²) in [6.07, 6.45) is -1.23. The summed E-state index contributed by atoms with van der Waals surface area (Å²) in [6.45, 7) is 0. The van der Waals surface area contributed by atoms with Crippen molar-refractivity contribution in [2.24, 2.45) is 0 Å². The first-order valence-corrected chi connectivity index (χ1v) is 12.3. The fraction of sp³-hybridized carbons (Fsp3) is 0.364. The van der Waals surface area contributed by atoms with Crippen LogP contribution < -0.4 is 14.5 Å². The van der Waals surface area contributed by atoms with Gasteiger partial charge in [-0.3, -0.25) is 14.5 Å². The standard InChI is InChI=1S/C22H20F4N4O3S/c1-34(32,33)28-18-9-8-15(11-17(18)23)30-20-5-3-2-4-19(20)29(21(30)31)14-7-6-13(12-27)16(10-14)22(24,25)26/h6-11,19-20,28H,2-5H2,1H3/t19-,20-/m1/s1. The second kappa shape index (κ2) is 8.47. The fourth-order valence-electron chi connectivity index (χ4n) is 4.65. The minimum Gasteiger partial charge on any atom is -0.289 e. The number of carbonyl (C=O) groups is 1. The van der Waals surface area contributed by atoms with Crippen LogP contribution in [0.1, 0.15) is 36.8 Å². The molecule has 180 valence electrons. The third-order valence-electron chi connectivity index (χ3n) is 6.00. The van der Waals surface area contributed by atoms with Gasteiger partial charge >= 0.3 is 12.2 Å². The highest BCUT2D eigenvalue weighted by atomic mass is 32.2. The lowest BCUT2D eigenvalue weighted by atomic mass is 9.89. The van der Waals surface area contributed by atoms with Gasteiger partial charge in [-0.1, -0.05) is 12.8 Å². The van der Waals surface area contributed by atoms with E-state index in [1.54, 1.807) is 0 Å². The minimum atomic E-state index is -4.78. The van der Waals surface area contributed by atoms with Gasteiger partial charge in [-0.05, 0) is 49.2 Å². The summed E-state index contributed by atoms with van der Waals surface area (Å²) < 4.78 is 80.1. The minimum absolute atomic E-state index is 0.00607. The van der Waals surface area contributed by atoms with E-state index in [0.29, 0.717) is 12.8 Å². The van der Waals surface area contributed by atoms with Gasteiger partial charge in [0.25, 0.3) is 0 Å². The average molecular weight is 496 g/mol. The van der Waals surface area contributed by atoms with Gasteiger partial charge in [0.1, 0.15) is 5.82 Å². The maximum Gasteiger partial charge on any atom is 0.417 e. The molecular formula is C22H20F4N4O3S. The highest BCUT2D eigenvalue weighted by Crippen LogP contribution is 2.42. The van der Waals surface area contributed by atoms with Crippen molar-refractivity contribution in [3.63, 3.8) is 0 Å². The Bertz CT molecular complexity index is 1290. The van der Waals surface area contributed by atoms with E-state index in [4.69, 9.17) is 5.26 Å². The number of nitriles is 1. The maximum absolute atomic E-state index is 14.6. The second-order valence-corrected chi connectivity index (χ2v) is 10.1. The van der Waals surface area contributed by atoms with Crippen molar-refractivity contribution in [1.29, 1.82) is 5.26 Å². The third kappa shape index (κ3) is 4.40. The summed E-state index contributed by atoms with van der Waals surface area (Å²) in [6, 6.07) is 6.83. The molecule has 0 unspecified atom stereocenters. The number of nitrogens with one attached hydrogen (secondary N) is 1. The van der Waals surface area contributed by atoms with Gasteiger partial charge in [0, 0.05) is 11.4 Å². The summed E-state index contributed by atoms with van der Waals surface area (Å²) in [7, 11) is -3.72. The SMILES string of the molecule is CS(=O)(=O)Nc1ccc(N2C(=O)N(c3ccc(C#N)c(C(F)(F)F)c3)[C@@H]3CCCC[C@H]32)cc1F. The van der Waals surface area contributed by atoms with E-state index in [2.05, 4.69) is 4.72 Å². The zero-order chi connectivity index (χ0) is 24.8. The van der Waals surface area contributed by atoms with E-state index in [9.17, 15) is 30.8 Å². The molecule has 1 saturated heterocycles. The van der Waals surface area contributed by atoms with Crippen LogP contribution in [0.15, 0.2) is 36.4 Å². The van der Waals surface area contributed by atoms with Crippen molar-refractivity contribution in [3.05, 3.63) is 53.3 Å². The Morgan fingerprint density at radius 3 is 2.09 bits per heavy atom. The maximum atomic E-state index is 14.6. The molecule has 2 aromatic rings. The second-order valence-electron chi connectivity index (χ2n) is 8.32. The molecule has 0 spiro atoms. The van der Waals surface area contributed by atoms with E-state index in [1.165, 1.54) is 34.1 Å². The summed E-state index contributed by atoms with van der Waals surface area (Å²) in [5.41, 5.74) is -1.78. The largest absolute Gasteiger partial charge is 0.417 e. The van der Waals surface area contributed by atoms with Gasteiger partial charge in [0.15, 0.2) is 0 Å². The van der Waals surface area contributed by atoms with Crippen LogP contribution in [0, 0.1) is 17.1 Å². The average Bonchev–Trinajstić information content (AvgIpc) is 3.05. The molecule has 1 aliphatic carbocycles. The number of carbonyl (C=O) groups excluding carboxylic acids is 1. The Morgan fingerprint density at radius 1 is 1.03 bits per heavy atom. The zero-order valence-electron chi connectivity index (χ0n) is 17.9. The first kappa shape index (κ1) is 23.8. The van der Waals surface area contributed by atoms with Gasteiger partial charge in [-0.25, -0.2) is 17.6 Å². The van der Waals surface area contributed by atoms with Crippen molar-refractivity contribution in [3.8, 4) is 6.07 Å². The molecular weight excluding hydrogens is 476 g/mol. The number of amides is 2. The summed E-state index contributed by atoms with van der Waals surface area (Å²) >= 11 is 0. The smallest absolute Gasteiger partial charge is 0.289 e. The highest BCUT2D eigenvalue weighted by molar-refractivity contribution is 7.92. The normalized spacial score (nSPS) is 20.8. The predicted octanol–water partition coefficient (Wildman–Crippen LogP) is 4.85. The number of rotatable bonds is 4. The third-order valence-corrected chi connectivity index (χ3v) is 6.59. The Balaban J connectivity index is 1.75. The number of nitrogens with zero attached hydrogens (tertiary/aromatic N) is 3. The van der Waals surface area contributed by atoms with Gasteiger partial charge in [0.2, 0.25) is 10.0 Å². The van der Waals surface area contributed by atoms with Gasteiger partial charge in [0.05, 0.1) is 41.2 Å². The van der Waals surface area contributed by atoms with Crippen molar-refractivity contribution in [2.45, 2.75) is 43.9 Å². The van der Waals surface area contributed by atoms with Crippen LogP contribution >= 0.6 is 0 Å². The molecule has 1 heterocycles. The van der Waals surface area contributed by atoms with Crippen LogP contribution in [-0.2, 0) is 16.2 Å². The Hall–Kier alpha value is -3.33. The topological polar surface area (TPSA) is 93.5 Å². The van der Waals surface area contributed by atoms with Crippen molar-refractivity contribution in [2.75, 3.05) is 20.8 Å². The molecule has 1 N–H and O–H groups in total. The zero-order valence-corrected chi connectivity index (χ0v) is 18.8. The summed E-state index contributed by atoms with van der Waals surface area (Å²) in [4.78, 5) is 16.1. The van der Waals surface area contributed by atoms with Crippen LogP contribution in [0.25, 0.3) is 0 Å². The number of alkyl halides is 3. The van der Waals surface area contributed by atoms with Gasteiger partial charge in [-0.2, -0.15) is 18.4 Å². The van der Waals surface area contributed by atoms with Crippen LogP contribution in [0.4, 0.5) is 39.4 Å². The Morgan fingerprint density at radius 2 is 1.59 bits per heavy atom. The summed E-state index contributed by atoms with van der Waals surface area (Å²) in [5.74, 6) is -0.890. The fourth-order valence-corrected chi connectivity index (χ4v) is 5.21. The lowest BCUT2D eigenvalue weighted by Gasteiger charge is -2.32. The number of hydrogen-bond donors (Lipinski definition) is 1. The van der Waals surface area contributed by atoms with E-state index in [1.807, 2.05) is 0 Å². The molecule has 0 aromatic heterocycles. The van der Waals surface area contributed by atoms with E-state index in [0.717, 1.165) is 37.3 Å². The first-order chi connectivity index (χ1) is 15.9. The number of anilines is 3. The number of benzene rings is 2. The van der Waals surface area contributed by atoms with Crippen molar-refractivity contribution < 1.29 is 30.8 Å². The summed E-state index contributed by atoms with van der Waals surface area (Å²) in [5, 5.41) is 9.07. The van der Waals surface area contributed by atoms with Crippen LogP contribution in [-0.4, -0.2) is 32.8 Å². The number of fused-ring (bicyclic) bond motifs is 1. The Labute approximate surface area is 193 Å². The molecule has 1 saturated carbocycles. The van der Waals surface area contributed by atoms with Crippen LogP contribution in [0.5, 0.6) is 0 Å². The molecule has 2 fully saturated rings. The molecule has 0 bridgehead atoms. The monoisotopic (exact) mass is 496 g/mol. The molecule has 34 heavy (non-hydrogen) atoms. The van der Waals surface area contributed by atoms with Gasteiger partial charge in [-0.15, -0.1) is 0 Å². The molecule has 4 rings (SSSR count). The molecule has 0 radical (unpaired) electrons. The Kier molecular flexibility index (Phi) is 5.93. The van der Waals surface area contributed by atoms with Gasteiger partial charge < -0.3 is 0 Å². The quantitative estimate of drug-likeness (QED) is 0.613. The van der Waals surface area contributed by atoms with E-state index >= 15 is 0 Å². The predicted molar refractivity (Wildman–Crippen MR) is 117 cm³/mol. The highest BCUT2D eigenvalue weighted by Gasteiger charge is 2.48. The lowest BCUT2D eigenvalue weighted by Crippen LogP contribution is -2.40. The number of urea groups is 1. The molecule has 1 aliphatic heterocycles. The molecule has 2 aromatic carbocycles. The van der Waals surface area contributed by atoms with E-state index < -0.39 is 51.3 Å². The number of halogens is 4. The van der Waals surface area contributed by atoms with Crippen LogP contribution in [0.2, 0.25) is 0 Å². The molecule has 7 nitrogen and oxygen atoms in total. The molecule has 12 heteroatoms. The van der Waals surface area contributed by atoms with E-state index in [-0.39, 0.29) is 17.1 Å². The molecule has 2 atom stereocenters. The van der Waals surface area contributed by atoms with Crippen molar-refractivity contribution >= 4 is 33.1 Å².